The first kappa shape index (κ1) is 22.7. The zero-order chi connectivity index (χ0) is 23.3. The molecule has 0 N–H and O–H groups in total. The third-order valence-corrected chi connectivity index (χ3v) is 12.3. The van der Waals surface area contributed by atoms with E-state index in [0.29, 0.717) is 12.5 Å². The molecule has 1 saturated carbocycles. The fourth-order valence-electron chi connectivity index (χ4n) is 4.34. The van der Waals surface area contributed by atoms with Gasteiger partial charge in [0.25, 0.3) is 0 Å². The van der Waals surface area contributed by atoms with Crippen molar-refractivity contribution < 1.29 is 13.9 Å². The highest BCUT2D eigenvalue weighted by molar-refractivity contribution is 6.74. The summed E-state index contributed by atoms with van der Waals surface area (Å²) >= 11 is 0. The van der Waals surface area contributed by atoms with Gasteiger partial charge in [-0.25, -0.2) is 15.0 Å². The molecule has 33 heavy (non-hydrogen) atoms. The number of pyridine rings is 1. The molecule has 178 valence electrons. The van der Waals surface area contributed by atoms with E-state index in [0.717, 1.165) is 49.9 Å². The van der Waals surface area contributed by atoms with Crippen molar-refractivity contribution in [3.63, 3.8) is 0 Å². The van der Waals surface area contributed by atoms with Crippen LogP contribution in [0.15, 0.2) is 24.5 Å². The number of fused-ring (bicyclic) bond motifs is 2. The first-order valence-corrected chi connectivity index (χ1v) is 15.1. The van der Waals surface area contributed by atoms with Gasteiger partial charge >= 0.3 is 0 Å². The quantitative estimate of drug-likeness (QED) is 0.544. The predicted octanol–water partition coefficient (Wildman–Crippen LogP) is 5.13. The molecule has 2 aliphatic heterocycles. The lowest BCUT2D eigenvalue weighted by Gasteiger charge is -2.35. The summed E-state index contributed by atoms with van der Waals surface area (Å²) in [6.45, 7) is 14.2. The molecule has 3 aliphatic rings. The van der Waals surface area contributed by atoms with Crippen LogP contribution in [0.1, 0.15) is 57.8 Å². The first-order chi connectivity index (χ1) is 15.7. The molecule has 2 aromatic rings. The van der Waals surface area contributed by atoms with Gasteiger partial charge in [0, 0.05) is 42.6 Å². The van der Waals surface area contributed by atoms with Crippen molar-refractivity contribution in [2.75, 3.05) is 24.7 Å². The highest BCUT2D eigenvalue weighted by Crippen LogP contribution is 2.57. The SMILES string of the molecule is CC(C)(C)[Si](C)(C)OCc1ncc2c(n1)N(c1ccc(OC3CCOCC3)nc1)CC21CC1. The van der Waals surface area contributed by atoms with E-state index in [1.165, 1.54) is 18.4 Å². The Morgan fingerprint density at radius 2 is 1.88 bits per heavy atom. The van der Waals surface area contributed by atoms with E-state index in [1.54, 1.807) is 0 Å². The number of hydrogen-bond donors (Lipinski definition) is 0. The number of ether oxygens (including phenoxy) is 2. The molecule has 0 amide bonds. The van der Waals surface area contributed by atoms with E-state index in [-0.39, 0.29) is 16.6 Å². The normalized spacial score (nSPS) is 20.2. The summed E-state index contributed by atoms with van der Waals surface area (Å²) in [6, 6.07) is 4.08. The second-order valence-electron chi connectivity index (χ2n) is 11.2. The molecule has 8 heteroatoms. The molecule has 2 fully saturated rings. The maximum Gasteiger partial charge on any atom is 0.213 e. The van der Waals surface area contributed by atoms with E-state index in [9.17, 15) is 0 Å². The maximum absolute atomic E-state index is 6.39. The molecule has 0 bridgehead atoms. The Labute approximate surface area is 198 Å². The standard InChI is InChI=1S/C25H36N4O3Si/c1-24(2,3)33(4,5)31-16-21-26-15-20-23(28-21)29(17-25(20)10-11-25)18-6-7-22(27-14-18)32-19-8-12-30-13-9-19/h6-7,14-15,19H,8-13,16-17H2,1-5H3. The fraction of sp³-hybridized carbons (Fsp3) is 0.640. The largest absolute Gasteiger partial charge is 0.474 e. The van der Waals surface area contributed by atoms with Crippen LogP contribution in [-0.4, -0.2) is 49.1 Å². The Kier molecular flexibility index (Phi) is 5.74. The van der Waals surface area contributed by atoms with Crippen molar-refractivity contribution in [2.24, 2.45) is 0 Å². The molecule has 0 unspecified atom stereocenters. The Morgan fingerprint density at radius 3 is 2.52 bits per heavy atom. The van der Waals surface area contributed by atoms with Gasteiger partial charge in [-0.05, 0) is 37.0 Å². The highest BCUT2D eigenvalue weighted by Gasteiger charge is 2.53. The number of anilines is 2. The Bertz CT molecular complexity index is 996. The van der Waals surface area contributed by atoms with E-state index >= 15 is 0 Å². The molecule has 0 atom stereocenters. The van der Waals surface area contributed by atoms with Gasteiger partial charge in [-0.3, -0.25) is 0 Å². The molecular weight excluding hydrogens is 432 g/mol. The molecule has 4 heterocycles. The van der Waals surface area contributed by atoms with Crippen LogP contribution in [0, 0.1) is 0 Å². The average Bonchev–Trinajstić information content (AvgIpc) is 3.50. The molecule has 1 aliphatic carbocycles. The Hall–Kier alpha value is -2.03. The van der Waals surface area contributed by atoms with Crippen LogP contribution in [-0.2, 0) is 21.2 Å². The first-order valence-electron chi connectivity index (χ1n) is 12.2. The number of hydrogen-bond acceptors (Lipinski definition) is 7. The van der Waals surface area contributed by atoms with Gasteiger partial charge in [-0.1, -0.05) is 20.8 Å². The third kappa shape index (κ3) is 4.53. The monoisotopic (exact) mass is 468 g/mol. The summed E-state index contributed by atoms with van der Waals surface area (Å²) in [5.74, 6) is 2.45. The molecule has 5 rings (SSSR count). The summed E-state index contributed by atoms with van der Waals surface area (Å²) < 4.78 is 17.9. The zero-order valence-electron chi connectivity index (χ0n) is 20.6. The van der Waals surface area contributed by atoms with Gasteiger partial charge < -0.3 is 18.8 Å². The van der Waals surface area contributed by atoms with E-state index in [1.807, 2.05) is 18.5 Å². The van der Waals surface area contributed by atoms with Crippen molar-refractivity contribution in [1.82, 2.24) is 15.0 Å². The van der Waals surface area contributed by atoms with Crippen molar-refractivity contribution in [3.8, 4) is 5.88 Å². The summed E-state index contributed by atoms with van der Waals surface area (Å²) in [5, 5.41) is 0.161. The van der Waals surface area contributed by atoms with Crippen LogP contribution in [0.25, 0.3) is 0 Å². The van der Waals surface area contributed by atoms with Gasteiger partial charge in [-0.2, -0.15) is 0 Å². The van der Waals surface area contributed by atoms with Crippen molar-refractivity contribution >= 4 is 19.8 Å². The van der Waals surface area contributed by atoms with E-state index < -0.39 is 8.32 Å². The summed E-state index contributed by atoms with van der Waals surface area (Å²) in [5.41, 5.74) is 2.52. The fourth-order valence-corrected chi connectivity index (χ4v) is 5.26. The second-order valence-corrected chi connectivity index (χ2v) is 16.0. The summed E-state index contributed by atoms with van der Waals surface area (Å²) in [7, 11) is -1.86. The van der Waals surface area contributed by atoms with Crippen molar-refractivity contribution in [1.29, 1.82) is 0 Å². The van der Waals surface area contributed by atoms with E-state index in [4.69, 9.17) is 23.9 Å². The summed E-state index contributed by atoms with van der Waals surface area (Å²) in [6.07, 6.45) is 8.36. The highest BCUT2D eigenvalue weighted by atomic mass is 28.4. The average molecular weight is 469 g/mol. The third-order valence-electron chi connectivity index (χ3n) is 7.82. The van der Waals surface area contributed by atoms with Crippen LogP contribution in [0.2, 0.25) is 18.1 Å². The van der Waals surface area contributed by atoms with Crippen LogP contribution in [0.3, 0.4) is 0 Å². The van der Waals surface area contributed by atoms with Crippen LogP contribution in [0.5, 0.6) is 5.88 Å². The lowest BCUT2D eigenvalue weighted by Crippen LogP contribution is -2.40. The van der Waals surface area contributed by atoms with Gasteiger partial charge in [0.1, 0.15) is 11.9 Å². The molecule has 0 radical (unpaired) electrons. The minimum Gasteiger partial charge on any atom is -0.474 e. The smallest absolute Gasteiger partial charge is 0.213 e. The topological polar surface area (TPSA) is 69.6 Å². The second kappa shape index (κ2) is 8.32. The molecule has 7 nitrogen and oxygen atoms in total. The molecular formula is C25H36N4O3Si. The van der Waals surface area contributed by atoms with Crippen LogP contribution < -0.4 is 9.64 Å². The number of nitrogens with zero attached hydrogens (tertiary/aromatic N) is 4. The minimum atomic E-state index is -1.86. The molecule has 1 spiro atoms. The number of rotatable bonds is 6. The van der Waals surface area contributed by atoms with Crippen molar-refractivity contribution in [3.05, 3.63) is 35.9 Å². The lowest BCUT2D eigenvalue weighted by atomic mass is 10.0. The molecule has 1 saturated heterocycles. The lowest BCUT2D eigenvalue weighted by molar-refractivity contribution is 0.0237. The summed E-state index contributed by atoms with van der Waals surface area (Å²) in [4.78, 5) is 16.6. The van der Waals surface area contributed by atoms with Crippen molar-refractivity contribution in [2.45, 2.75) is 82.7 Å². The maximum atomic E-state index is 6.39. The van der Waals surface area contributed by atoms with Crippen LogP contribution >= 0.6 is 0 Å². The number of aromatic nitrogens is 3. The van der Waals surface area contributed by atoms with Gasteiger partial charge in [0.2, 0.25) is 5.88 Å². The zero-order valence-corrected chi connectivity index (χ0v) is 21.6. The Balaban J connectivity index is 1.34. The van der Waals surface area contributed by atoms with Crippen LogP contribution in [0.4, 0.5) is 11.5 Å². The minimum absolute atomic E-state index is 0.161. The van der Waals surface area contributed by atoms with Gasteiger partial charge in [0.05, 0.1) is 31.7 Å². The van der Waals surface area contributed by atoms with E-state index in [2.05, 4.69) is 49.8 Å². The van der Waals surface area contributed by atoms with Gasteiger partial charge in [-0.15, -0.1) is 0 Å². The Morgan fingerprint density at radius 1 is 1.12 bits per heavy atom. The predicted molar refractivity (Wildman–Crippen MR) is 131 cm³/mol. The van der Waals surface area contributed by atoms with Gasteiger partial charge in [0.15, 0.2) is 14.1 Å². The molecule has 2 aromatic heterocycles. The molecule has 0 aromatic carbocycles.